The fourth-order valence-corrected chi connectivity index (χ4v) is 1.41. The molecule has 0 saturated carbocycles. The van der Waals surface area contributed by atoms with Gasteiger partial charge < -0.3 is 20.5 Å². The summed E-state index contributed by atoms with van der Waals surface area (Å²) in [6.45, 7) is 2.24. The smallest absolute Gasteiger partial charge is 0.340 e. The van der Waals surface area contributed by atoms with Crippen molar-refractivity contribution in [2.75, 3.05) is 32.6 Å². The van der Waals surface area contributed by atoms with Gasteiger partial charge in [-0.1, -0.05) is 12.1 Å². The van der Waals surface area contributed by atoms with Gasteiger partial charge in [-0.3, -0.25) is 4.79 Å². The molecule has 6 nitrogen and oxygen atoms in total. The van der Waals surface area contributed by atoms with Gasteiger partial charge in [0.25, 0.3) is 5.91 Å². The minimum atomic E-state index is -0.608. The number of carbonyl (C=O) groups is 2. The molecule has 0 radical (unpaired) electrons. The van der Waals surface area contributed by atoms with Crippen molar-refractivity contribution in [3.8, 4) is 0 Å². The Hall–Kier alpha value is -2.08. The lowest BCUT2D eigenvalue weighted by molar-refractivity contribution is -0.124. The molecule has 0 bridgehead atoms. The summed E-state index contributed by atoms with van der Waals surface area (Å²) < 4.78 is 9.66. The van der Waals surface area contributed by atoms with Crippen molar-refractivity contribution >= 4 is 17.6 Å². The maximum absolute atomic E-state index is 11.7. The van der Waals surface area contributed by atoms with Crippen LogP contribution in [0.5, 0.6) is 0 Å². The number of nitrogens with one attached hydrogen (secondary N) is 1. The first-order valence-electron chi connectivity index (χ1n) is 5.84. The lowest BCUT2D eigenvalue weighted by atomic mass is 10.1. The molecule has 1 rings (SSSR count). The van der Waals surface area contributed by atoms with Crippen LogP contribution in [0.4, 0.5) is 5.69 Å². The number of amides is 1. The predicted molar refractivity (Wildman–Crippen MR) is 70.8 cm³/mol. The molecule has 0 aliphatic heterocycles. The van der Waals surface area contributed by atoms with Crippen molar-refractivity contribution in [1.29, 1.82) is 0 Å². The Morgan fingerprint density at radius 1 is 1.37 bits per heavy atom. The van der Waals surface area contributed by atoms with Crippen LogP contribution in [0.3, 0.4) is 0 Å². The summed E-state index contributed by atoms with van der Waals surface area (Å²) in [5.41, 5.74) is 7.20. The number of rotatable bonds is 6. The van der Waals surface area contributed by atoms with Crippen LogP contribution < -0.4 is 11.1 Å². The van der Waals surface area contributed by atoms with Crippen LogP contribution in [-0.2, 0) is 14.3 Å². The first-order valence-corrected chi connectivity index (χ1v) is 5.84. The maximum Gasteiger partial charge on any atom is 0.340 e. The monoisotopic (exact) mass is 266 g/mol. The number of nitrogens with two attached hydrogens (primary N) is 1. The second-order valence-electron chi connectivity index (χ2n) is 3.96. The third-order valence-electron chi connectivity index (χ3n) is 2.51. The van der Waals surface area contributed by atoms with Crippen molar-refractivity contribution in [2.24, 2.45) is 0 Å². The zero-order valence-electron chi connectivity index (χ0n) is 11.1. The molecule has 0 aromatic heterocycles. The summed E-state index contributed by atoms with van der Waals surface area (Å²) in [4.78, 5) is 23.1. The van der Waals surface area contributed by atoms with Crippen LogP contribution in [0.25, 0.3) is 0 Å². The molecule has 0 unspecified atom stereocenters. The Bertz CT molecular complexity index is 460. The molecule has 0 saturated heterocycles. The standard InChI is InChI=1S/C13H18N2O4/c1-9-4-3-5-10(12(9)14)13(17)19-8-11(16)15-6-7-18-2/h3-5H,6-8,14H2,1-2H3,(H,15,16). The third kappa shape index (κ3) is 4.59. The van der Waals surface area contributed by atoms with Gasteiger partial charge >= 0.3 is 5.97 Å². The van der Waals surface area contributed by atoms with E-state index in [-0.39, 0.29) is 18.1 Å². The number of hydrogen-bond acceptors (Lipinski definition) is 5. The van der Waals surface area contributed by atoms with E-state index in [1.54, 1.807) is 25.1 Å². The van der Waals surface area contributed by atoms with Crippen molar-refractivity contribution in [3.05, 3.63) is 29.3 Å². The zero-order chi connectivity index (χ0) is 14.3. The molecule has 0 atom stereocenters. The van der Waals surface area contributed by atoms with Crippen LogP contribution in [0, 0.1) is 6.92 Å². The number of anilines is 1. The maximum atomic E-state index is 11.7. The van der Waals surface area contributed by atoms with Crippen LogP contribution in [-0.4, -0.2) is 38.7 Å². The average Bonchev–Trinajstić information content (AvgIpc) is 2.39. The SMILES string of the molecule is COCCNC(=O)COC(=O)c1cccc(C)c1N. The van der Waals surface area contributed by atoms with E-state index in [2.05, 4.69) is 5.32 Å². The van der Waals surface area contributed by atoms with Gasteiger partial charge in [0.2, 0.25) is 0 Å². The van der Waals surface area contributed by atoms with Crippen LogP contribution >= 0.6 is 0 Å². The van der Waals surface area contributed by atoms with Gasteiger partial charge in [-0.25, -0.2) is 4.79 Å². The first kappa shape index (κ1) is 15.0. The molecule has 1 amide bonds. The minimum absolute atomic E-state index is 0.268. The summed E-state index contributed by atoms with van der Waals surface area (Å²) in [6, 6.07) is 5.07. The highest BCUT2D eigenvalue weighted by Gasteiger charge is 2.13. The van der Waals surface area contributed by atoms with E-state index in [1.165, 1.54) is 7.11 Å². The van der Waals surface area contributed by atoms with E-state index in [0.29, 0.717) is 18.8 Å². The Labute approximate surface area is 111 Å². The molecule has 3 N–H and O–H groups in total. The number of nitrogen functional groups attached to an aromatic ring is 1. The van der Waals surface area contributed by atoms with E-state index in [0.717, 1.165) is 5.56 Å². The van der Waals surface area contributed by atoms with Gasteiger partial charge in [-0.2, -0.15) is 0 Å². The predicted octanol–water partition coefficient (Wildman–Crippen LogP) is 0.497. The van der Waals surface area contributed by atoms with E-state index in [9.17, 15) is 9.59 Å². The fourth-order valence-electron chi connectivity index (χ4n) is 1.41. The van der Waals surface area contributed by atoms with Gasteiger partial charge in [0, 0.05) is 19.3 Å². The van der Waals surface area contributed by atoms with Crippen molar-refractivity contribution in [1.82, 2.24) is 5.32 Å². The molecule has 0 spiro atoms. The molecule has 0 aliphatic rings. The van der Waals surface area contributed by atoms with Crippen molar-refractivity contribution < 1.29 is 19.1 Å². The molecule has 0 aliphatic carbocycles. The van der Waals surface area contributed by atoms with Crippen LogP contribution in [0.2, 0.25) is 0 Å². The molecule has 1 aromatic rings. The molecule has 0 heterocycles. The summed E-state index contributed by atoms with van der Waals surface area (Å²) >= 11 is 0. The van der Waals surface area contributed by atoms with Gasteiger partial charge in [-0.15, -0.1) is 0 Å². The van der Waals surface area contributed by atoms with Crippen molar-refractivity contribution in [3.63, 3.8) is 0 Å². The Morgan fingerprint density at radius 2 is 2.11 bits per heavy atom. The third-order valence-corrected chi connectivity index (χ3v) is 2.51. The Morgan fingerprint density at radius 3 is 2.79 bits per heavy atom. The van der Waals surface area contributed by atoms with Crippen molar-refractivity contribution in [2.45, 2.75) is 6.92 Å². The lowest BCUT2D eigenvalue weighted by Crippen LogP contribution is -2.31. The molecular weight excluding hydrogens is 248 g/mol. The summed E-state index contributed by atoms with van der Waals surface area (Å²) in [5, 5.41) is 2.54. The minimum Gasteiger partial charge on any atom is -0.452 e. The highest BCUT2D eigenvalue weighted by molar-refractivity contribution is 5.96. The highest BCUT2D eigenvalue weighted by Crippen LogP contribution is 2.17. The summed E-state index contributed by atoms with van der Waals surface area (Å²) in [5.74, 6) is -0.986. The average molecular weight is 266 g/mol. The molecular formula is C13H18N2O4. The molecule has 6 heteroatoms. The first-order chi connectivity index (χ1) is 9.06. The van der Waals surface area contributed by atoms with Gasteiger partial charge in [0.1, 0.15) is 0 Å². The summed E-state index contributed by atoms with van der Waals surface area (Å²) in [6.07, 6.45) is 0. The molecule has 1 aromatic carbocycles. The van der Waals surface area contributed by atoms with E-state index >= 15 is 0 Å². The number of benzene rings is 1. The second kappa shape index (κ2) is 7.38. The highest BCUT2D eigenvalue weighted by atomic mass is 16.5. The van der Waals surface area contributed by atoms with Gasteiger partial charge in [0.15, 0.2) is 6.61 Å². The second-order valence-corrected chi connectivity index (χ2v) is 3.96. The number of aryl methyl sites for hydroxylation is 1. The Balaban J connectivity index is 2.47. The number of methoxy groups -OCH3 is 1. The molecule has 19 heavy (non-hydrogen) atoms. The summed E-state index contributed by atoms with van der Waals surface area (Å²) in [7, 11) is 1.53. The number of ether oxygens (including phenoxy) is 2. The number of para-hydroxylation sites is 1. The van der Waals surface area contributed by atoms with E-state index < -0.39 is 5.97 Å². The van der Waals surface area contributed by atoms with Crippen LogP contribution in [0.1, 0.15) is 15.9 Å². The van der Waals surface area contributed by atoms with E-state index in [4.69, 9.17) is 15.2 Å². The van der Waals surface area contributed by atoms with Gasteiger partial charge in [0.05, 0.1) is 12.2 Å². The van der Waals surface area contributed by atoms with Gasteiger partial charge in [-0.05, 0) is 18.6 Å². The molecule has 104 valence electrons. The number of hydrogen-bond donors (Lipinski definition) is 2. The zero-order valence-corrected chi connectivity index (χ0v) is 11.1. The lowest BCUT2D eigenvalue weighted by Gasteiger charge is -2.09. The fraction of sp³-hybridized carbons (Fsp3) is 0.385. The number of esters is 1. The quantitative estimate of drug-likeness (QED) is 0.444. The normalized spacial score (nSPS) is 10.0. The Kier molecular flexibility index (Phi) is 5.81. The molecule has 0 fully saturated rings. The van der Waals surface area contributed by atoms with Crippen LogP contribution in [0.15, 0.2) is 18.2 Å². The van der Waals surface area contributed by atoms with E-state index in [1.807, 2.05) is 0 Å². The largest absolute Gasteiger partial charge is 0.452 e. The topological polar surface area (TPSA) is 90.6 Å². The number of carbonyl (C=O) groups excluding carboxylic acids is 2.